The molecule has 1 unspecified atom stereocenters. The van der Waals surface area contributed by atoms with E-state index in [2.05, 4.69) is 0 Å². The summed E-state index contributed by atoms with van der Waals surface area (Å²) in [4.78, 5) is 24.5. The molecule has 1 aromatic rings. The maximum absolute atomic E-state index is 12.3. The van der Waals surface area contributed by atoms with E-state index in [-0.39, 0.29) is 23.3 Å². The summed E-state index contributed by atoms with van der Waals surface area (Å²) >= 11 is 0. The van der Waals surface area contributed by atoms with E-state index >= 15 is 0 Å². The number of rotatable bonds is 0. The summed E-state index contributed by atoms with van der Waals surface area (Å²) in [6.45, 7) is 4.06. The van der Waals surface area contributed by atoms with Crippen LogP contribution in [-0.2, 0) is 13.0 Å². The van der Waals surface area contributed by atoms with Crippen LogP contribution in [0.3, 0.4) is 0 Å². The Bertz CT molecular complexity index is 637. The number of fused-ring (bicyclic) bond motifs is 3. The van der Waals surface area contributed by atoms with Crippen LogP contribution >= 0.6 is 0 Å². The van der Waals surface area contributed by atoms with Crippen molar-refractivity contribution in [2.45, 2.75) is 32.9 Å². The third-order valence-electron chi connectivity index (χ3n) is 3.94. The highest BCUT2D eigenvalue weighted by Crippen LogP contribution is 2.34. The Labute approximate surface area is 104 Å². The number of nitrogens with two attached hydrogens (primary N) is 2. The van der Waals surface area contributed by atoms with Crippen LogP contribution in [0.4, 0.5) is 0 Å². The highest BCUT2D eigenvalue weighted by Gasteiger charge is 2.38. The molecular weight excluding hydrogens is 230 g/mol. The molecule has 0 amide bonds. The molecule has 18 heavy (non-hydrogen) atoms. The number of nitrogens with zero attached hydrogens (tertiary/aromatic N) is 1. The Hall–Kier alpha value is -1.88. The topological polar surface area (TPSA) is 91.1 Å². The van der Waals surface area contributed by atoms with E-state index in [1.165, 1.54) is 0 Å². The van der Waals surface area contributed by atoms with Crippen LogP contribution in [-0.4, -0.2) is 22.2 Å². The fourth-order valence-corrected chi connectivity index (χ4v) is 2.93. The van der Waals surface area contributed by atoms with Gasteiger partial charge >= 0.3 is 0 Å². The molecule has 1 aliphatic carbocycles. The van der Waals surface area contributed by atoms with Gasteiger partial charge in [0.25, 0.3) is 0 Å². The summed E-state index contributed by atoms with van der Waals surface area (Å²) in [7, 11) is 0. The van der Waals surface area contributed by atoms with Crippen molar-refractivity contribution in [3.63, 3.8) is 0 Å². The lowest BCUT2D eigenvalue weighted by Crippen LogP contribution is -2.29. The lowest BCUT2D eigenvalue weighted by molar-refractivity contribution is 0.0967. The molecule has 0 radical (unpaired) electrons. The zero-order chi connectivity index (χ0) is 13.2. The van der Waals surface area contributed by atoms with Gasteiger partial charge in [-0.05, 0) is 19.4 Å². The van der Waals surface area contributed by atoms with Gasteiger partial charge in [0.15, 0.2) is 0 Å². The molecule has 2 aliphatic rings. The maximum atomic E-state index is 12.3. The van der Waals surface area contributed by atoms with Gasteiger partial charge in [-0.2, -0.15) is 0 Å². The zero-order valence-electron chi connectivity index (χ0n) is 10.4. The predicted octanol–water partition coefficient (Wildman–Crippen LogP) is 0.292. The van der Waals surface area contributed by atoms with Gasteiger partial charge in [-0.3, -0.25) is 9.59 Å². The molecule has 0 spiro atoms. The van der Waals surface area contributed by atoms with Gasteiger partial charge in [-0.1, -0.05) is 0 Å². The van der Waals surface area contributed by atoms with Crippen molar-refractivity contribution >= 4 is 11.6 Å². The van der Waals surface area contributed by atoms with Crippen LogP contribution in [0, 0.1) is 6.92 Å². The van der Waals surface area contributed by atoms with Crippen LogP contribution < -0.4 is 11.5 Å². The van der Waals surface area contributed by atoms with Gasteiger partial charge in [-0.25, -0.2) is 0 Å². The number of aromatic nitrogens is 1. The number of Topliss-reactive ketones (excluding diaryl/α,β-unsaturated/α-hetero) is 2. The normalized spacial score (nSPS) is 22.5. The van der Waals surface area contributed by atoms with E-state index in [0.29, 0.717) is 29.8 Å². The van der Waals surface area contributed by atoms with Crippen LogP contribution in [0.15, 0.2) is 11.3 Å². The second kappa shape index (κ2) is 3.32. The monoisotopic (exact) mass is 245 g/mol. The molecular formula is C13H15N3O2. The molecule has 0 fully saturated rings. The standard InChI is InChI=1S/C13H15N3O2/c1-5-8-3-7(14)4-16(8)11-9(5)13(18)10(15)6(2)12(11)17/h7H,3-4,14-15H2,1-2H3. The summed E-state index contributed by atoms with van der Waals surface area (Å²) < 4.78 is 1.89. The molecule has 5 nitrogen and oxygen atoms in total. The third kappa shape index (κ3) is 1.14. The van der Waals surface area contributed by atoms with Gasteiger partial charge in [0.05, 0.1) is 11.3 Å². The Balaban J connectivity index is 2.32. The fraction of sp³-hybridized carbons (Fsp3) is 0.385. The van der Waals surface area contributed by atoms with Crippen molar-refractivity contribution in [3.8, 4) is 0 Å². The molecule has 94 valence electrons. The largest absolute Gasteiger partial charge is 0.395 e. The first kappa shape index (κ1) is 11.2. The van der Waals surface area contributed by atoms with E-state index in [4.69, 9.17) is 11.5 Å². The highest BCUT2D eigenvalue weighted by atomic mass is 16.1. The Morgan fingerprint density at radius 3 is 2.56 bits per heavy atom. The average Bonchev–Trinajstić information content (AvgIpc) is 2.81. The Morgan fingerprint density at radius 1 is 1.22 bits per heavy atom. The molecule has 2 heterocycles. The second-order valence-electron chi connectivity index (χ2n) is 5.07. The van der Waals surface area contributed by atoms with Gasteiger partial charge in [0.2, 0.25) is 11.6 Å². The summed E-state index contributed by atoms with van der Waals surface area (Å²) in [5, 5.41) is 0. The van der Waals surface area contributed by atoms with Gasteiger partial charge in [0, 0.05) is 30.3 Å². The average molecular weight is 245 g/mol. The van der Waals surface area contributed by atoms with Crippen molar-refractivity contribution in [1.82, 2.24) is 4.57 Å². The van der Waals surface area contributed by atoms with Gasteiger partial charge in [-0.15, -0.1) is 0 Å². The number of hydrogen-bond acceptors (Lipinski definition) is 4. The smallest absolute Gasteiger partial charge is 0.211 e. The second-order valence-corrected chi connectivity index (χ2v) is 5.07. The molecule has 0 aromatic carbocycles. The number of carbonyl (C=O) groups is 2. The van der Waals surface area contributed by atoms with Crippen molar-refractivity contribution < 1.29 is 9.59 Å². The first-order valence-corrected chi connectivity index (χ1v) is 5.96. The Kier molecular flexibility index (Phi) is 2.07. The minimum Gasteiger partial charge on any atom is -0.395 e. The first-order chi connectivity index (χ1) is 8.43. The molecule has 4 N–H and O–H groups in total. The van der Waals surface area contributed by atoms with Gasteiger partial charge in [0.1, 0.15) is 5.69 Å². The lowest BCUT2D eigenvalue weighted by Gasteiger charge is -2.16. The molecule has 1 aliphatic heterocycles. The minimum absolute atomic E-state index is 0.0236. The summed E-state index contributed by atoms with van der Waals surface area (Å²) in [6, 6.07) is 0.0236. The molecule has 3 rings (SSSR count). The van der Waals surface area contributed by atoms with E-state index < -0.39 is 0 Å². The summed E-state index contributed by atoms with van der Waals surface area (Å²) in [5.74, 6) is -0.374. The van der Waals surface area contributed by atoms with Crippen LogP contribution in [0.25, 0.3) is 0 Å². The van der Waals surface area contributed by atoms with E-state index in [0.717, 1.165) is 11.3 Å². The van der Waals surface area contributed by atoms with Crippen molar-refractivity contribution in [1.29, 1.82) is 0 Å². The quantitative estimate of drug-likeness (QED) is 0.687. The fourth-order valence-electron chi connectivity index (χ4n) is 2.93. The molecule has 0 saturated heterocycles. The highest BCUT2D eigenvalue weighted by molar-refractivity contribution is 6.26. The molecule has 0 saturated carbocycles. The van der Waals surface area contributed by atoms with Crippen molar-refractivity contribution in [2.24, 2.45) is 11.5 Å². The van der Waals surface area contributed by atoms with Crippen LogP contribution in [0.2, 0.25) is 0 Å². The van der Waals surface area contributed by atoms with Crippen LogP contribution in [0.5, 0.6) is 0 Å². The maximum Gasteiger partial charge on any atom is 0.211 e. The SMILES string of the molecule is CC1=C(N)C(=O)c2c(C)c3n(c2C1=O)CC(N)C3. The molecule has 0 bridgehead atoms. The minimum atomic E-state index is -0.227. The first-order valence-electron chi connectivity index (χ1n) is 5.96. The van der Waals surface area contributed by atoms with Gasteiger partial charge < -0.3 is 16.0 Å². The number of hydrogen-bond donors (Lipinski definition) is 2. The number of ketones is 2. The van der Waals surface area contributed by atoms with E-state index in [1.54, 1.807) is 6.92 Å². The van der Waals surface area contributed by atoms with Crippen molar-refractivity contribution in [2.75, 3.05) is 0 Å². The summed E-state index contributed by atoms with van der Waals surface area (Å²) in [5.41, 5.74) is 14.9. The van der Waals surface area contributed by atoms with Crippen LogP contribution in [0.1, 0.15) is 39.0 Å². The predicted molar refractivity (Wildman–Crippen MR) is 66.4 cm³/mol. The number of carbonyl (C=O) groups excluding carboxylic acids is 2. The lowest BCUT2D eigenvalue weighted by atomic mass is 9.90. The van der Waals surface area contributed by atoms with E-state index in [9.17, 15) is 9.59 Å². The summed E-state index contributed by atoms with van der Waals surface area (Å²) in [6.07, 6.45) is 0.707. The number of allylic oxidation sites excluding steroid dienone is 2. The molecule has 5 heteroatoms. The third-order valence-corrected chi connectivity index (χ3v) is 3.94. The molecule has 1 atom stereocenters. The molecule has 1 aromatic heterocycles. The van der Waals surface area contributed by atoms with Crippen molar-refractivity contribution in [3.05, 3.63) is 33.8 Å². The Morgan fingerprint density at radius 2 is 1.89 bits per heavy atom. The zero-order valence-corrected chi connectivity index (χ0v) is 10.4. The van der Waals surface area contributed by atoms with E-state index in [1.807, 2.05) is 11.5 Å².